The van der Waals surface area contributed by atoms with E-state index in [1.807, 2.05) is 13.8 Å². The number of carboxylic acid groups (broad SMARTS) is 1. The first kappa shape index (κ1) is 13.4. The minimum Gasteiger partial charge on any atom is -0.480 e. The van der Waals surface area contributed by atoms with Crippen LogP contribution >= 0.6 is 0 Å². The van der Waals surface area contributed by atoms with Gasteiger partial charge in [0.05, 0.1) is 17.5 Å². The van der Waals surface area contributed by atoms with E-state index in [0.29, 0.717) is 6.42 Å². The van der Waals surface area contributed by atoms with E-state index >= 15 is 0 Å². The molecule has 0 radical (unpaired) electrons. The quantitative estimate of drug-likeness (QED) is 0.799. The van der Waals surface area contributed by atoms with Crippen molar-refractivity contribution in [2.45, 2.75) is 50.6 Å². The second-order valence-electron chi connectivity index (χ2n) is 4.85. The molecule has 0 saturated carbocycles. The smallest absolute Gasteiger partial charge is 0.321 e. The highest BCUT2D eigenvalue weighted by Gasteiger charge is 2.37. The van der Waals surface area contributed by atoms with Crippen LogP contribution in [0.5, 0.6) is 0 Å². The SMILES string of the molecule is CC(C(=O)O)S(=O)(=O)CC1CCC(C)(C)O1. The molecule has 0 aromatic carbocycles. The normalized spacial score (nSPS) is 26.6. The van der Waals surface area contributed by atoms with Crippen molar-refractivity contribution < 1.29 is 23.1 Å². The molecule has 1 heterocycles. The van der Waals surface area contributed by atoms with Crippen LogP contribution in [0.2, 0.25) is 0 Å². The van der Waals surface area contributed by atoms with E-state index in [1.165, 1.54) is 6.92 Å². The van der Waals surface area contributed by atoms with E-state index in [1.54, 1.807) is 0 Å². The van der Waals surface area contributed by atoms with Crippen LogP contribution in [0.15, 0.2) is 0 Å². The largest absolute Gasteiger partial charge is 0.480 e. The van der Waals surface area contributed by atoms with Gasteiger partial charge in [-0.25, -0.2) is 8.42 Å². The molecule has 0 aliphatic carbocycles. The van der Waals surface area contributed by atoms with Crippen LogP contribution < -0.4 is 0 Å². The standard InChI is InChI=1S/C10H18O5S/c1-7(9(11)12)16(13,14)6-8-4-5-10(2,3)15-8/h7-8H,4-6H2,1-3H3,(H,11,12). The molecule has 94 valence electrons. The Balaban J connectivity index is 2.65. The first-order valence-electron chi connectivity index (χ1n) is 5.26. The topological polar surface area (TPSA) is 80.7 Å². The lowest BCUT2D eigenvalue weighted by Gasteiger charge is -2.19. The summed E-state index contributed by atoms with van der Waals surface area (Å²) in [6.45, 7) is 5.00. The highest BCUT2D eigenvalue weighted by molar-refractivity contribution is 7.92. The first-order chi connectivity index (χ1) is 7.14. The molecule has 1 fully saturated rings. The van der Waals surface area contributed by atoms with Gasteiger partial charge < -0.3 is 9.84 Å². The third-order valence-corrected chi connectivity index (χ3v) is 4.97. The molecule has 1 aliphatic heterocycles. The Morgan fingerprint density at radius 1 is 1.56 bits per heavy atom. The molecule has 0 amide bonds. The lowest BCUT2D eigenvalue weighted by molar-refractivity contribution is -0.136. The Bertz CT molecular complexity index is 371. The molecule has 0 spiro atoms. The summed E-state index contributed by atoms with van der Waals surface area (Å²) < 4.78 is 28.9. The summed E-state index contributed by atoms with van der Waals surface area (Å²) in [5, 5.41) is 7.31. The van der Waals surface area contributed by atoms with Gasteiger partial charge in [-0.3, -0.25) is 4.79 Å². The maximum atomic E-state index is 11.7. The molecule has 2 unspecified atom stereocenters. The first-order valence-corrected chi connectivity index (χ1v) is 6.98. The summed E-state index contributed by atoms with van der Waals surface area (Å²) in [6.07, 6.45) is 1.09. The molecular formula is C10H18O5S. The van der Waals surface area contributed by atoms with Crippen molar-refractivity contribution in [1.82, 2.24) is 0 Å². The second-order valence-corrected chi connectivity index (χ2v) is 7.21. The fraction of sp³-hybridized carbons (Fsp3) is 0.900. The van der Waals surface area contributed by atoms with E-state index in [-0.39, 0.29) is 17.5 Å². The predicted octanol–water partition coefficient (Wildman–Crippen LogP) is 0.832. The van der Waals surface area contributed by atoms with Gasteiger partial charge in [0, 0.05) is 0 Å². The fourth-order valence-corrected chi connectivity index (χ4v) is 3.10. The number of hydrogen-bond donors (Lipinski definition) is 1. The van der Waals surface area contributed by atoms with E-state index in [2.05, 4.69) is 0 Å². The number of carbonyl (C=O) groups is 1. The van der Waals surface area contributed by atoms with Crippen molar-refractivity contribution in [3.63, 3.8) is 0 Å². The number of rotatable bonds is 4. The van der Waals surface area contributed by atoms with Crippen LogP contribution in [0.1, 0.15) is 33.6 Å². The van der Waals surface area contributed by atoms with Crippen LogP contribution in [0.4, 0.5) is 0 Å². The summed E-state index contributed by atoms with van der Waals surface area (Å²) >= 11 is 0. The number of aliphatic carboxylic acids is 1. The van der Waals surface area contributed by atoms with Gasteiger partial charge in [-0.15, -0.1) is 0 Å². The minimum absolute atomic E-state index is 0.204. The lowest BCUT2D eigenvalue weighted by Crippen LogP contribution is -2.34. The van der Waals surface area contributed by atoms with Crippen LogP contribution in [0.25, 0.3) is 0 Å². The highest BCUT2D eigenvalue weighted by atomic mass is 32.2. The van der Waals surface area contributed by atoms with E-state index in [0.717, 1.165) is 6.42 Å². The van der Waals surface area contributed by atoms with Gasteiger partial charge in [-0.1, -0.05) is 0 Å². The molecule has 2 atom stereocenters. The van der Waals surface area contributed by atoms with Gasteiger partial charge in [0.1, 0.15) is 0 Å². The summed E-state index contributed by atoms with van der Waals surface area (Å²) in [5.74, 6) is -1.51. The van der Waals surface area contributed by atoms with Crippen molar-refractivity contribution >= 4 is 15.8 Å². The van der Waals surface area contributed by atoms with Gasteiger partial charge in [0.25, 0.3) is 0 Å². The number of hydrogen-bond acceptors (Lipinski definition) is 4. The molecule has 0 bridgehead atoms. The van der Waals surface area contributed by atoms with E-state index in [4.69, 9.17) is 9.84 Å². The highest BCUT2D eigenvalue weighted by Crippen LogP contribution is 2.30. The third-order valence-electron chi connectivity index (χ3n) is 2.86. The Labute approximate surface area is 95.7 Å². The van der Waals surface area contributed by atoms with Crippen molar-refractivity contribution in [1.29, 1.82) is 0 Å². The maximum absolute atomic E-state index is 11.7. The van der Waals surface area contributed by atoms with Gasteiger partial charge in [0.2, 0.25) is 0 Å². The molecule has 1 rings (SSSR count). The number of sulfone groups is 1. The van der Waals surface area contributed by atoms with Gasteiger partial charge in [-0.05, 0) is 33.6 Å². The fourth-order valence-electron chi connectivity index (χ4n) is 1.75. The van der Waals surface area contributed by atoms with Crippen molar-refractivity contribution in [2.75, 3.05) is 5.75 Å². The zero-order valence-corrected chi connectivity index (χ0v) is 10.6. The number of ether oxygens (including phenoxy) is 1. The molecule has 1 aliphatic rings. The molecular weight excluding hydrogens is 232 g/mol. The number of carboxylic acids is 1. The predicted molar refractivity (Wildman–Crippen MR) is 59.1 cm³/mol. The molecule has 1 saturated heterocycles. The van der Waals surface area contributed by atoms with Crippen molar-refractivity contribution in [3.8, 4) is 0 Å². The summed E-state index contributed by atoms with van der Waals surface area (Å²) in [7, 11) is -3.62. The minimum atomic E-state index is -3.62. The average molecular weight is 250 g/mol. The van der Waals surface area contributed by atoms with Crippen LogP contribution in [-0.2, 0) is 19.4 Å². The summed E-state index contributed by atoms with van der Waals surface area (Å²) in [5.41, 5.74) is -0.299. The van der Waals surface area contributed by atoms with Crippen LogP contribution in [-0.4, -0.2) is 42.2 Å². The molecule has 1 N–H and O–H groups in total. The van der Waals surface area contributed by atoms with Gasteiger partial charge in [0.15, 0.2) is 15.1 Å². The van der Waals surface area contributed by atoms with E-state index in [9.17, 15) is 13.2 Å². The molecule has 16 heavy (non-hydrogen) atoms. The van der Waals surface area contributed by atoms with Crippen molar-refractivity contribution in [2.24, 2.45) is 0 Å². The Morgan fingerprint density at radius 3 is 2.50 bits per heavy atom. The van der Waals surface area contributed by atoms with Gasteiger partial charge in [-0.2, -0.15) is 0 Å². The second kappa shape index (κ2) is 4.33. The molecule has 0 aromatic rings. The Morgan fingerprint density at radius 2 is 2.12 bits per heavy atom. The monoisotopic (exact) mass is 250 g/mol. The third kappa shape index (κ3) is 3.18. The van der Waals surface area contributed by atoms with Crippen LogP contribution in [0, 0.1) is 0 Å². The Hall–Kier alpha value is -0.620. The summed E-state index contributed by atoms with van der Waals surface area (Å²) in [6, 6.07) is 0. The zero-order valence-electron chi connectivity index (χ0n) is 9.76. The van der Waals surface area contributed by atoms with E-state index < -0.39 is 21.1 Å². The average Bonchev–Trinajstić information content (AvgIpc) is 2.43. The molecule has 5 nitrogen and oxygen atoms in total. The lowest BCUT2D eigenvalue weighted by atomic mass is 10.1. The molecule has 6 heteroatoms. The molecule has 0 aromatic heterocycles. The van der Waals surface area contributed by atoms with Crippen LogP contribution in [0.3, 0.4) is 0 Å². The van der Waals surface area contributed by atoms with Crippen molar-refractivity contribution in [3.05, 3.63) is 0 Å². The van der Waals surface area contributed by atoms with Gasteiger partial charge >= 0.3 is 5.97 Å². The maximum Gasteiger partial charge on any atom is 0.321 e. The Kier molecular flexibility index (Phi) is 3.64. The zero-order chi connectivity index (χ0) is 12.6. The summed E-state index contributed by atoms with van der Waals surface area (Å²) in [4.78, 5) is 10.6.